The van der Waals surface area contributed by atoms with Gasteiger partial charge in [-0.05, 0) is 12.1 Å². The molecule has 2 unspecified atom stereocenters. The van der Waals surface area contributed by atoms with E-state index in [4.69, 9.17) is 28.4 Å². The van der Waals surface area contributed by atoms with Gasteiger partial charge in [-0.3, -0.25) is 0 Å². The maximum Gasteiger partial charge on any atom is 0.145 e. The Morgan fingerprint density at radius 1 is 0.784 bits per heavy atom. The number of halogens is 1. The van der Waals surface area contributed by atoms with Gasteiger partial charge in [0, 0.05) is 83.0 Å². The molecule has 0 spiro atoms. The molecule has 2 aliphatic rings. The van der Waals surface area contributed by atoms with Gasteiger partial charge in [0.15, 0.2) is 0 Å². The molecule has 1 aromatic rings. The average molecular weight is 604 g/mol. The molecule has 37 heavy (non-hydrogen) atoms. The lowest BCUT2D eigenvalue weighted by molar-refractivity contribution is -0.00000946. The van der Waals surface area contributed by atoms with E-state index in [-0.39, 0.29) is 28.3 Å². The van der Waals surface area contributed by atoms with Crippen LogP contribution in [0, 0.1) is 0 Å². The zero-order valence-electron chi connectivity index (χ0n) is 22.8. The third-order valence-corrected chi connectivity index (χ3v) is 7.58. The largest absolute Gasteiger partial charge is 1.00 e. The van der Waals surface area contributed by atoms with Crippen molar-refractivity contribution in [3.05, 3.63) is 35.7 Å². The molecular weight excluding hydrogens is 562 g/mol. The number of nitrogens with one attached hydrogen (secondary N) is 1. The third-order valence-electron chi connectivity index (χ3n) is 6.32. The lowest BCUT2D eigenvalue weighted by atomic mass is 10.0. The first-order valence-electron chi connectivity index (χ1n) is 12.2. The van der Waals surface area contributed by atoms with E-state index >= 15 is 0 Å². The van der Waals surface area contributed by atoms with E-state index in [1.54, 1.807) is 42.7 Å². The first kappa shape index (κ1) is 31.6. The van der Waals surface area contributed by atoms with Crippen molar-refractivity contribution in [3.8, 4) is 5.75 Å². The van der Waals surface area contributed by atoms with Crippen LogP contribution < -0.4 is 31.9 Å². The molecule has 11 heteroatoms. The van der Waals surface area contributed by atoms with Crippen LogP contribution in [0.1, 0.15) is 0 Å². The van der Waals surface area contributed by atoms with Gasteiger partial charge >= 0.3 is 0 Å². The van der Waals surface area contributed by atoms with Gasteiger partial charge in [-0.25, -0.2) is 0 Å². The number of anilines is 2. The lowest BCUT2D eigenvalue weighted by Gasteiger charge is -2.39. The molecule has 1 heterocycles. The van der Waals surface area contributed by atoms with Crippen LogP contribution in [0.2, 0.25) is 0 Å². The van der Waals surface area contributed by atoms with Crippen molar-refractivity contribution in [3.63, 3.8) is 0 Å². The van der Waals surface area contributed by atoms with Crippen molar-refractivity contribution in [2.75, 3.05) is 105 Å². The van der Waals surface area contributed by atoms with E-state index in [0.29, 0.717) is 26.4 Å². The number of hydrogen-bond acceptors (Lipinski definition) is 10. The van der Waals surface area contributed by atoms with E-state index in [1.807, 2.05) is 11.8 Å². The zero-order chi connectivity index (χ0) is 25.9. The van der Waals surface area contributed by atoms with Crippen LogP contribution in [0.25, 0.3) is 0 Å². The highest BCUT2D eigenvalue weighted by Gasteiger charge is 2.36. The Bertz CT molecular complexity index is 887. The van der Waals surface area contributed by atoms with Crippen LogP contribution in [-0.2, 0) is 23.7 Å². The van der Waals surface area contributed by atoms with Crippen LogP contribution in [0.4, 0.5) is 11.4 Å². The number of ether oxygens (including phenoxy) is 6. The minimum atomic E-state index is 0. The van der Waals surface area contributed by atoms with Gasteiger partial charge in [0.2, 0.25) is 0 Å². The van der Waals surface area contributed by atoms with E-state index < -0.39 is 0 Å². The van der Waals surface area contributed by atoms with E-state index in [9.17, 15) is 0 Å². The summed E-state index contributed by atoms with van der Waals surface area (Å²) in [6.45, 7) is 5.62. The fraction of sp³-hybridized carbons (Fsp3) is 0.615. The molecule has 0 radical (unpaired) electrons. The molecule has 3 rings (SSSR count). The number of benzene rings is 1. The van der Waals surface area contributed by atoms with E-state index in [0.717, 1.165) is 59.7 Å². The highest BCUT2D eigenvalue weighted by molar-refractivity contribution is 8.00. The first-order chi connectivity index (χ1) is 17.6. The summed E-state index contributed by atoms with van der Waals surface area (Å²) < 4.78 is 33.1. The fourth-order valence-corrected chi connectivity index (χ4v) is 5.66. The number of fused-ring (bicyclic) bond motifs is 2. The van der Waals surface area contributed by atoms with Crippen molar-refractivity contribution < 1.29 is 45.4 Å². The Hall–Kier alpha value is -1.63. The number of hydrogen-bond donors (Lipinski definition) is 1. The second-order valence-corrected chi connectivity index (χ2v) is 9.73. The van der Waals surface area contributed by atoms with Gasteiger partial charge in [-0.2, -0.15) is 0 Å². The minimum absolute atomic E-state index is 0. The quantitative estimate of drug-likeness (QED) is 0.281. The van der Waals surface area contributed by atoms with Gasteiger partial charge in [-0.1, -0.05) is 0 Å². The summed E-state index contributed by atoms with van der Waals surface area (Å²) in [4.78, 5) is 5.69. The van der Waals surface area contributed by atoms with Crippen LogP contribution >= 0.6 is 11.8 Å². The Balaban J connectivity index is 0.00000481. The number of methoxy groups -OCH3 is 6. The minimum Gasteiger partial charge on any atom is -1.00 e. The van der Waals surface area contributed by atoms with Crippen LogP contribution in [0.5, 0.6) is 5.75 Å². The van der Waals surface area contributed by atoms with Crippen molar-refractivity contribution in [1.82, 2.24) is 4.90 Å². The van der Waals surface area contributed by atoms with Crippen LogP contribution in [-0.4, -0.2) is 111 Å². The van der Waals surface area contributed by atoms with Crippen molar-refractivity contribution >= 4 is 23.1 Å². The van der Waals surface area contributed by atoms with Gasteiger partial charge < -0.3 is 60.5 Å². The van der Waals surface area contributed by atoms with Crippen molar-refractivity contribution in [2.45, 2.75) is 16.2 Å². The molecular formula is C26H41BrN3O6S-. The standard InChI is InChI=1S/C26H41N3O6S.BrH/c1-30-11-7-28(8-12-31-2)19-15-21(34-5)25-23(17-19)36-24-18-20(16-22(35-6)26(24)27-25)29(9-13-32-3)10-14-33-4;/h15-18,23,25,27H,7-14H2,1-6H3;1H/p-1. The van der Waals surface area contributed by atoms with E-state index in [1.165, 1.54) is 0 Å². The van der Waals surface area contributed by atoms with Crippen molar-refractivity contribution in [1.29, 1.82) is 0 Å². The number of thioether (sulfide) groups is 1. The second-order valence-electron chi connectivity index (χ2n) is 8.51. The first-order valence-corrected chi connectivity index (χ1v) is 13.1. The van der Waals surface area contributed by atoms with Crippen LogP contribution in [0.15, 0.2) is 40.6 Å². The summed E-state index contributed by atoms with van der Waals surface area (Å²) in [6, 6.07) is 4.30. The Labute approximate surface area is 236 Å². The summed E-state index contributed by atoms with van der Waals surface area (Å²) in [6.07, 6.45) is 4.43. The highest BCUT2D eigenvalue weighted by atomic mass is 79.9. The molecule has 0 amide bonds. The Morgan fingerprint density at radius 3 is 1.86 bits per heavy atom. The summed E-state index contributed by atoms with van der Waals surface area (Å²) in [5.41, 5.74) is 3.18. The zero-order valence-corrected chi connectivity index (χ0v) is 25.2. The molecule has 2 atom stereocenters. The number of nitrogens with zero attached hydrogens (tertiary/aromatic N) is 2. The third kappa shape index (κ3) is 8.18. The second kappa shape index (κ2) is 16.4. The van der Waals surface area contributed by atoms with Crippen molar-refractivity contribution in [2.24, 2.45) is 0 Å². The maximum absolute atomic E-state index is 5.87. The molecule has 0 fully saturated rings. The predicted octanol–water partition coefficient (Wildman–Crippen LogP) is 0.0758. The average Bonchev–Trinajstić information content (AvgIpc) is 2.90. The van der Waals surface area contributed by atoms with Gasteiger partial charge in [-0.15, -0.1) is 11.8 Å². The van der Waals surface area contributed by atoms with E-state index in [2.05, 4.69) is 39.4 Å². The number of rotatable bonds is 16. The molecule has 1 aliphatic heterocycles. The highest BCUT2D eigenvalue weighted by Crippen LogP contribution is 2.48. The van der Waals surface area contributed by atoms with Crippen LogP contribution in [0.3, 0.4) is 0 Å². The molecule has 1 aliphatic carbocycles. The number of allylic oxidation sites excluding steroid dienone is 1. The Morgan fingerprint density at radius 2 is 1.35 bits per heavy atom. The molecule has 0 saturated heterocycles. The molecule has 0 aromatic heterocycles. The monoisotopic (exact) mass is 602 g/mol. The molecule has 0 saturated carbocycles. The molecule has 9 nitrogen and oxygen atoms in total. The molecule has 1 N–H and O–H groups in total. The Kier molecular flexibility index (Phi) is 14.0. The lowest BCUT2D eigenvalue weighted by Crippen LogP contribution is -3.00. The van der Waals surface area contributed by atoms with Gasteiger partial charge in [0.25, 0.3) is 0 Å². The summed E-state index contributed by atoms with van der Waals surface area (Å²) in [5, 5.41) is 3.84. The van der Waals surface area contributed by atoms with Gasteiger partial charge in [0.05, 0.1) is 57.6 Å². The molecule has 0 bridgehead atoms. The maximum atomic E-state index is 5.87. The fourth-order valence-electron chi connectivity index (χ4n) is 4.35. The summed E-state index contributed by atoms with van der Waals surface area (Å²) in [7, 11) is 10.3. The predicted molar refractivity (Wildman–Crippen MR) is 145 cm³/mol. The smallest absolute Gasteiger partial charge is 0.145 e. The normalized spacial score (nSPS) is 17.9. The summed E-state index contributed by atoms with van der Waals surface area (Å²) >= 11 is 1.82. The molecule has 1 aromatic carbocycles. The topological polar surface area (TPSA) is 73.9 Å². The summed E-state index contributed by atoms with van der Waals surface area (Å²) in [5.74, 6) is 1.70. The SMILES string of the molecule is COCCN(CCOC)C1=CC2Sc3cc(N(CCOC)CCOC)cc(OC)c3NC2C(OC)=C1.[Br-]. The molecule has 210 valence electrons. The van der Waals surface area contributed by atoms with Gasteiger partial charge in [0.1, 0.15) is 11.5 Å².